The number of primary sulfonamides is 1. The van der Waals surface area contributed by atoms with Gasteiger partial charge in [0, 0.05) is 31.9 Å². The lowest BCUT2D eigenvalue weighted by Gasteiger charge is -2.36. The molecule has 0 saturated carbocycles. The van der Waals surface area contributed by atoms with Gasteiger partial charge in [-0.25, -0.2) is 18.4 Å². The van der Waals surface area contributed by atoms with E-state index in [4.69, 9.17) is 14.6 Å². The van der Waals surface area contributed by atoms with E-state index < -0.39 is 16.0 Å². The second kappa shape index (κ2) is 9.14. The number of nitrogens with zero attached hydrogens (tertiary/aromatic N) is 2. The largest absolute Gasteiger partial charge is 0.497 e. The van der Waals surface area contributed by atoms with Crippen molar-refractivity contribution in [1.29, 1.82) is 0 Å². The Morgan fingerprint density at radius 3 is 2.10 bits per heavy atom. The summed E-state index contributed by atoms with van der Waals surface area (Å²) in [5.74, 6) is -0.200. The predicted molar refractivity (Wildman–Crippen MR) is 110 cm³/mol. The molecule has 1 heterocycles. The van der Waals surface area contributed by atoms with Crippen molar-refractivity contribution in [2.75, 3.05) is 44.8 Å². The van der Waals surface area contributed by atoms with E-state index in [1.165, 1.54) is 24.3 Å². The van der Waals surface area contributed by atoms with Gasteiger partial charge >= 0.3 is 5.97 Å². The number of piperazine rings is 1. The Morgan fingerprint density at radius 1 is 0.967 bits per heavy atom. The van der Waals surface area contributed by atoms with Crippen molar-refractivity contribution in [3.8, 4) is 5.75 Å². The maximum atomic E-state index is 12.4. The smallest absolute Gasteiger partial charge is 0.338 e. The molecular weight excluding hydrogens is 410 g/mol. The Morgan fingerprint density at radius 2 is 1.57 bits per heavy atom. The zero-order chi connectivity index (χ0) is 21.7. The Kier molecular flexibility index (Phi) is 6.58. The summed E-state index contributed by atoms with van der Waals surface area (Å²) in [6.07, 6.45) is 0. The van der Waals surface area contributed by atoms with Gasteiger partial charge in [-0.2, -0.15) is 0 Å². The lowest BCUT2D eigenvalue weighted by atomic mass is 10.2. The van der Waals surface area contributed by atoms with Crippen LogP contribution in [-0.2, 0) is 19.6 Å². The molecule has 160 valence electrons. The number of hydrogen-bond donors (Lipinski definition) is 1. The maximum Gasteiger partial charge on any atom is 0.338 e. The summed E-state index contributed by atoms with van der Waals surface area (Å²) in [4.78, 5) is 28.2. The molecule has 10 heteroatoms. The van der Waals surface area contributed by atoms with E-state index in [1.54, 1.807) is 12.0 Å². The number of benzene rings is 2. The van der Waals surface area contributed by atoms with Gasteiger partial charge in [0.1, 0.15) is 5.75 Å². The standard InChI is InChI=1S/C20H23N3O6S/c1-28-17-6-4-16(5-7-17)22-10-12-23(13-11-22)19(24)14-29-20(25)15-2-8-18(9-3-15)30(21,26)27/h2-9H,10-14H2,1H3,(H2,21,26,27). The molecular formula is C20H23N3O6S. The summed E-state index contributed by atoms with van der Waals surface area (Å²) < 4.78 is 32.7. The molecule has 0 unspecified atom stereocenters. The minimum atomic E-state index is -3.84. The summed E-state index contributed by atoms with van der Waals surface area (Å²) in [6.45, 7) is 2.00. The first-order valence-corrected chi connectivity index (χ1v) is 10.8. The van der Waals surface area contributed by atoms with Crippen molar-refractivity contribution in [2.24, 2.45) is 5.14 Å². The number of esters is 1. The molecule has 2 N–H and O–H groups in total. The van der Waals surface area contributed by atoms with Crippen LogP contribution in [0.1, 0.15) is 10.4 Å². The molecule has 1 aliphatic heterocycles. The SMILES string of the molecule is COc1ccc(N2CCN(C(=O)COC(=O)c3ccc(S(N)(=O)=O)cc3)CC2)cc1. The molecule has 1 saturated heterocycles. The fourth-order valence-electron chi connectivity index (χ4n) is 3.09. The molecule has 0 spiro atoms. The summed E-state index contributed by atoms with van der Waals surface area (Å²) >= 11 is 0. The van der Waals surface area contributed by atoms with Gasteiger partial charge < -0.3 is 19.3 Å². The molecule has 2 aromatic carbocycles. The third-order valence-electron chi connectivity index (χ3n) is 4.82. The van der Waals surface area contributed by atoms with E-state index in [-0.39, 0.29) is 23.0 Å². The van der Waals surface area contributed by atoms with Crippen LogP contribution in [0.5, 0.6) is 5.75 Å². The maximum absolute atomic E-state index is 12.4. The van der Waals surface area contributed by atoms with Gasteiger partial charge in [0.2, 0.25) is 10.0 Å². The third kappa shape index (κ3) is 5.28. The summed E-state index contributed by atoms with van der Waals surface area (Å²) in [5, 5.41) is 5.02. The third-order valence-corrected chi connectivity index (χ3v) is 5.74. The molecule has 0 aromatic heterocycles. The van der Waals surface area contributed by atoms with Gasteiger partial charge in [-0.15, -0.1) is 0 Å². The van der Waals surface area contributed by atoms with Crippen molar-refractivity contribution in [3.05, 3.63) is 54.1 Å². The van der Waals surface area contributed by atoms with Gasteiger partial charge in [0.05, 0.1) is 17.6 Å². The second-order valence-corrected chi connectivity index (χ2v) is 8.27. The van der Waals surface area contributed by atoms with Crippen LogP contribution in [0.25, 0.3) is 0 Å². The van der Waals surface area contributed by atoms with Crippen molar-refractivity contribution in [3.63, 3.8) is 0 Å². The molecule has 1 fully saturated rings. The van der Waals surface area contributed by atoms with E-state index in [0.717, 1.165) is 11.4 Å². The fourth-order valence-corrected chi connectivity index (χ4v) is 3.61. The number of rotatable bonds is 6. The molecule has 30 heavy (non-hydrogen) atoms. The summed E-state index contributed by atoms with van der Waals surface area (Å²) in [6, 6.07) is 12.7. The first-order valence-electron chi connectivity index (χ1n) is 9.24. The van der Waals surface area contributed by atoms with E-state index in [9.17, 15) is 18.0 Å². The van der Waals surface area contributed by atoms with Crippen molar-refractivity contribution in [2.45, 2.75) is 4.90 Å². The number of sulfonamides is 1. The lowest BCUT2D eigenvalue weighted by molar-refractivity contribution is -0.134. The number of amides is 1. The number of nitrogens with two attached hydrogens (primary N) is 1. The number of methoxy groups -OCH3 is 1. The highest BCUT2D eigenvalue weighted by molar-refractivity contribution is 7.89. The lowest BCUT2D eigenvalue weighted by Crippen LogP contribution is -2.49. The molecule has 0 atom stereocenters. The quantitative estimate of drug-likeness (QED) is 0.671. The van der Waals surface area contributed by atoms with Crippen molar-refractivity contribution < 1.29 is 27.5 Å². The predicted octanol–water partition coefficient (Wildman–Crippen LogP) is 0.848. The Bertz CT molecular complexity index is 998. The molecule has 1 aliphatic rings. The topological polar surface area (TPSA) is 119 Å². The van der Waals surface area contributed by atoms with Crippen LogP contribution in [-0.4, -0.2) is 65.1 Å². The van der Waals surface area contributed by atoms with Crippen LogP contribution in [0.4, 0.5) is 5.69 Å². The average Bonchev–Trinajstić information content (AvgIpc) is 2.77. The van der Waals surface area contributed by atoms with E-state index >= 15 is 0 Å². The van der Waals surface area contributed by atoms with E-state index in [0.29, 0.717) is 26.2 Å². The minimum absolute atomic E-state index is 0.107. The molecule has 1 amide bonds. The second-order valence-electron chi connectivity index (χ2n) is 6.71. The Balaban J connectivity index is 1.48. The molecule has 9 nitrogen and oxygen atoms in total. The summed E-state index contributed by atoms with van der Waals surface area (Å²) in [7, 11) is -2.22. The number of hydrogen-bond acceptors (Lipinski definition) is 7. The van der Waals surface area contributed by atoms with Gasteiger partial charge in [-0.05, 0) is 48.5 Å². The van der Waals surface area contributed by atoms with Gasteiger partial charge in [0.25, 0.3) is 5.91 Å². The Labute approximate surface area is 175 Å². The highest BCUT2D eigenvalue weighted by Gasteiger charge is 2.22. The minimum Gasteiger partial charge on any atom is -0.497 e. The van der Waals surface area contributed by atoms with Gasteiger partial charge in [-0.1, -0.05) is 0 Å². The molecule has 0 bridgehead atoms. The number of ether oxygens (including phenoxy) is 2. The van der Waals surface area contributed by atoms with Crippen LogP contribution < -0.4 is 14.8 Å². The first-order chi connectivity index (χ1) is 14.3. The van der Waals surface area contributed by atoms with E-state index in [1.807, 2.05) is 24.3 Å². The number of carbonyl (C=O) groups is 2. The monoisotopic (exact) mass is 433 g/mol. The van der Waals surface area contributed by atoms with Gasteiger partial charge in [0.15, 0.2) is 6.61 Å². The summed E-state index contributed by atoms with van der Waals surface area (Å²) in [5.41, 5.74) is 1.19. The zero-order valence-corrected chi connectivity index (χ0v) is 17.3. The van der Waals surface area contributed by atoms with Crippen molar-refractivity contribution >= 4 is 27.6 Å². The van der Waals surface area contributed by atoms with Crippen LogP contribution in [0.15, 0.2) is 53.4 Å². The zero-order valence-electron chi connectivity index (χ0n) is 16.5. The van der Waals surface area contributed by atoms with Crippen molar-refractivity contribution in [1.82, 2.24) is 4.90 Å². The Hall–Kier alpha value is -3.11. The molecule has 3 rings (SSSR count). The van der Waals surface area contributed by atoms with Crippen LogP contribution >= 0.6 is 0 Å². The molecule has 2 aromatic rings. The first kappa shape index (κ1) is 21.6. The van der Waals surface area contributed by atoms with E-state index in [2.05, 4.69) is 4.90 Å². The van der Waals surface area contributed by atoms with Crippen LogP contribution in [0.3, 0.4) is 0 Å². The fraction of sp³-hybridized carbons (Fsp3) is 0.300. The molecule has 0 aliphatic carbocycles. The number of carbonyl (C=O) groups excluding carboxylic acids is 2. The van der Waals surface area contributed by atoms with Crippen LogP contribution in [0.2, 0.25) is 0 Å². The highest BCUT2D eigenvalue weighted by Crippen LogP contribution is 2.20. The van der Waals surface area contributed by atoms with Crippen LogP contribution in [0, 0.1) is 0 Å². The molecule has 0 radical (unpaired) electrons. The normalized spacial score (nSPS) is 14.3. The number of anilines is 1. The average molecular weight is 433 g/mol. The highest BCUT2D eigenvalue weighted by atomic mass is 32.2. The van der Waals surface area contributed by atoms with Gasteiger partial charge in [-0.3, -0.25) is 4.79 Å².